The molecule has 1 aromatic carbocycles. The molecule has 0 bridgehead atoms. The van der Waals surface area contributed by atoms with Crippen LogP contribution < -0.4 is 14.8 Å². The summed E-state index contributed by atoms with van der Waals surface area (Å²) >= 11 is 1.33. The predicted octanol–water partition coefficient (Wildman–Crippen LogP) is 1.83. The molecule has 0 spiro atoms. The lowest BCUT2D eigenvalue weighted by molar-refractivity contribution is 0.102. The highest BCUT2D eigenvalue weighted by molar-refractivity contribution is 7.15. The average molecular weight is 263 g/mol. The van der Waals surface area contributed by atoms with Crippen molar-refractivity contribution in [3.05, 3.63) is 28.8 Å². The Morgan fingerprint density at radius 1 is 1.33 bits per heavy atom. The van der Waals surface area contributed by atoms with E-state index < -0.39 is 0 Å². The maximum atomic E-state index is 12.0. The Hall–Kier alpha value is -2.15. The Morgan fingerprint density at radius 3 is 2.94 bits per heavy atom. The summed E-state index contributed by atoms with van der Waals surface area (Å²) in [6.07, 6.45) is 0. The molecule has 92 valence electrons. The summed E-state index contributed by atoms with van der Waals surface area (Å²) < 4.78 is 10.4. The fraction of sp³-hybridized carbons (Fsp3) is 0.182. The zero-order valence-corrected chi connectivity index (χ0v) is 10.3. The minimum atomic E-state index is -0.246. The van der Waals surface area contributed by atoms with Gasteiger partial charge in [0.1, 0.15) is 5.01 Å². The summed E-state index contributed by atoms with van der Waals surface area (Å²) in [5.74, 6) is 0.985. The van der Waals surface area contributed by atoms with Crippen LogP contribution in [0, 0.1) is 6.92 Å². The van der Waals surface area contributed by atoms with Gasteiger partial charge in [0.05, 0.1) is 0 Å². The number of ether oxygens (including phenoxy) is 2. The van der Waals surface area contributed by atoms with E-state index in [0.29, 0.717) is 22.2 Å². The molecule has 6 nitrogen and oxygen atoms in total. The minimum Gasteiger partial charge on any atom is -0.454 e. The standard InChI is InChI=1S/C11H9N3O3S/c1-6-13-14-11(18-6)12-10(15)7-2-3-8-9(4-7)17-5-16-8/h2-4H,5H2,1H3,(H,12,14,15). The summed E-state index contributed by atoms with van der Waals surface area (Å²) in [4.78, 5) is 12.0. The van der Waals surface area contributed by atoms with Crippen molar-refractivity contribution >= 4 is 22.4 Å². The van der Waals surface area contributed by atoms with E-state index in [-0.39, 0.29) is 12.7 Å². The van der Waals surface area contributed by atoms with Crippen LogP contribution >= 0.6 is 11.3 Å². The van der Waals surface area contributed by atoms with Crippen molar-refractivity contribution in [3.63, 3.8) is 0 Å². The number of nitrogens with zero attached hydrogens (tertiary/aromatic N) is 2. The van der Waals surface area contributed by atoms with Crippen LogP contribution in [0.2, 0.25) is 0 Å². The molecule has 1 aromatic heterocycles. The van der Waals surface area contributed by atoms with Gasteiger partial charge in [-0.2, -0.15) is 0 Å². The molecule has 0 radical (unpaired) electrons. The van der Waals surface area contributed by atoms with E-state index in [1.807, 2.05) is 6.92 Å². The Bertz CT molecular complexity index is 611. The molecule has 0 aliphatic carbocycles. The first-order valence-corrected chi connectivity index (χ1v) is 6.05. The molecule has 0 atom stereocenters. The number of amides is 1. The van der Waals surface area contributed by atoms with E-state index in [1.54, 1.807) is 18.2 Å². The normalized spacial score (nSPS) is 12.5. The van der Waals surface area contributed by atoms with E-state index in [1.165, 1.54) is 11.3 Å². The molecule has 3 rings (SSSR count). The molecular formula is C11H9N3O3S. The molecule has 2 aromatic rings. The number of fused-ring (bicyclic) bond motifs is 1. The fourth-order valence-corrected chi connectivity index (χ4v) is 2.14. The van der Waals surface area contributed by atoms with E-state index in [0.717, 1.165) is 5.01 Å². The Labute approximate surface area is 107 Å². The number of aryl methyl sites for hydroxylation is 1. The molecule has 0 unspecified atom stereocenters. The third kappa shape index (κ3) is 2.00. The molecule has 1 aliphatic heterocycles. The quantitative estimate of drug-likeness (QED) is 0.894. The van der Waals surface area contributed by atoms with Crippen molar-refractivity contribution in [2.24, 2.45) is 0 Å². The number of anilines is 1. The Balaban J connectivity index is 1.80. The van der Waals surface area contributed by atoms with Crippen molar-refractivity contribution in [2.45, 2.75) is 6.92 Å². The summed E-state index contributed by atoms with van der Waals surface area (Å²) in [6.45, 7) is 2.02. The lowest BCUT2D eigenvalue weighted by atomic mass is 10.2. The molecule has 0 fully saturated rings. The van der Waals surface area contributed by atoms with Crippen LogP contribution in [0.3, 0.4) is 0 Å². The first-order valence-electron chi connectivity index (χ1n) is 5.23. The number of rotatable bonds is 2. The van der Waals surface area contributed by atoms with Crippen molar-refractivity contribution in [3.8, 4) is 11.5 Å². The maximum absolute atomic E-state index is 12.0. The smallest absolute Gasteiger partial charge is 0.257 e. The number of aromatic nitrogens is 2. The monoisotopic (exact) mass is 263 g/mol. The van der Waals surface area contributed by atoms with Crippen LogP contribution in [0.1, 0.15) is 15.4 Å². The van der Waals surface area contributed by atoms with Crippen molar-refractivity contribution in [1.82, 2.24) is 10.2 Å². The van der Waals surface area contributed by atoms with Crippen LogP contribution in [0.15, 0.2) is 18.2 Å². The van der Waals surface area contributed by atoms with Gasteiger partial charge in [-0.05, 0) is 25.1 Å². The van der Waals surface area contributed by atoms with Gasteiger partial charge in [-0.3, -0.25) is 10.1 Å². The molecule has 1 aliphatic rings. The Morgan fingerprint density at radius 2 is 2.17 bits per heavy atom. The molecule has 0 saturated carbocycles. The maximum Gasteiger partial charge on any atom is 0.257 e. The van der Waals surface area contributed by atoms with E-state index in [4.69, 9.17) is 9.47 Å². The second-order valence-electron chi connectivity index (χ2n) is 3.65. The summed E-state index contributed by atoms with van der Waals surface area (Å²) in [6, 6.07) is 5.03. The van der Waals surface area contributed by atoms with Crippen LogP contribution in [0.4, 0.5) is 5.13 Å². The topological polar surface area (TPSA) is 73.3 Å². The van der Waals surface area contributed by atoms with Crippen LogP contribution in [-0.4, -0.2) is 22.9 Å². The third-order valence-electron chi connectivity index (χ3n) is 2.38. The van der Waals surface area contributed by atoms with Gasteiger partial charge < -0.3 is 9.47 Å². The van der Waals surface area contributed by atoms with Gasteiger partial charge in [-0.25, -0.2) is 0 Å². The number of hydrogen-bond acceptors (Lipinski definition) is 6. The molecule has 2 heterocycles. The largest absolute Gasteiger partial charge is 0.454 e. The van der Waals surface area contributed by atoms with Gasteiger partial charge in [-0.15, -0.1) is 10.2 Å². The highest BCUT2D eigenvalue weighted by Crippen LogP contribution is 2.32. The summed E-state index contributed by atoms with van der Waals surface area (Å²) in [5.41, 5.74) is 0.493. The lowest BCUT2D eigenvalue weighted by Gasteiger charge is -2.02. The molecule has 18 heavy (non-hydrogen) atoms. The SMILES string of the molecule is Cc1nnc(NC(=O)c2ccc3c(c2)OCO3)s1. The Kier molecular flexibility index (Phi) is 2.60. The van der Waals surface area contributed by atoms with Gasteiger partial charge in [0.2, 0.25) is 11.9 Å². The zero-order chi connectivity index (χ0) is 12.5. The highest BCUT2D eigenvalue weighted by Gasteiger charge is 2.16. The van der Waals surface area contributed by atoms with Gasteiger partial charge in [0.25, 0.3) is 5.91 Å². The van der Waals surface area contributed by atoms with Crippen LogP contribution in [0.5, 0.6) is 11.5 Å². The molecule has 7 heteroatoms. The zero-order valence-electron chi connectivity index (χ0n) is 9.47. The van der Waals surface area contributed by atoms with Crippen LogP contribution in [-0.2, 0) is 0 Å². The molecule has 1 N–H and O–H groups in total. The first-order chi connectivity index (χ1) is 8.72. The number of carbonyl (C=O) groups is 1. The van der Waals surface area contributed by atoms with Gasteiger partial charge in [0, 0.05) is 5.56 Å². The third-order valence-corrected chi connectivity index (χ3v) is 3.14. The number of benzene rings is 1. The van der Waals surface area contributed by atoms with Crippen molar-refractivity contribution in [2.75, 3.05) is 12.1 Å². The molecule has 1 amide bonds. The van der Waals surface area contributed by atoms with Gasteiger partial charge >= 0.3 is 0 Å². The van der Waals surface area contributed by atoms with Crippen LogP contribution in [0.25, 0.3) is 0 Å². The summed E-state index contributed by atoms with van der Waals surface area (Å²) in [5, 5.41) is 11.6. The second-order valence-corrected chi connectivity index (χ2v) is 4.83. The number of hydrogen-bond donors (Lipinski definition) is 1. The predicted molar refractivity (Wildman–Crippen MR) is 65.2 cm³/mol. The second kappa shape index (κ2) is 4.26. The lowest BCUT2D eigenvalue weighted by Crippen LogP contribution is -2.11. The van der Waals surface area contributed by atoms with Crippen molar-refractivity contribution in [1.29, 1.82) is 0 Å². The number of carbonyl (C=O) groups excluding carboxylic acids is 1. The van der Waals surface area contributed by atoms with E-state index in [2.05, 4.69) is 15.5 Å². The fourth-order valence-electron chi connectivity index (χ4n) is 1.55. The van der Waals surface area contributed by atoms with Gasteiger partial charge in [0.15, 0.2) is 11.5 Å². The van der Waals surface area contributed by atoms with Crippen molar-refractivity contribution < 1.29 is 14.3 Å². The van der Waals surface area contributed by atoms with Gasteiger partial charge in [-0.1, -0.05) is 11.3 Å². The first kappa shape index (κ1) is 11.0. The minimum absolute atomic E-state index is 0.190. The molecule has 0 saturated heterocycles. The highest BCUT2D eigenvalue weighted by atomic mass is 32.1. The number of nitrogens with one attached hydrogen (secondary N) is 1. The molecular weight excluding hydrogens is 254 g/mol. The van der Waals surface area contributed by atoms with E-state index >= 15 is 0 Å². The average Bonchev–Trinajstić information content (AvgIpc) is 2.96. The van der Waals surface area contributed by atoms with E-state index in [9.17, 15) is 4.79 Å². The summed E-state index contributed by atoms with van der Waals surface area (Å²) in [7, 11) is 0.